The van der Waals surface area contributed by atoms with Crippen LogP contribution < -0.4 is 5.32 Å². The largest absolute Gasteiger partial charge is 0.390 e. The molecule has 1 aromatic rings. The van der Waals surface area contributed by atoms with E-state index in [4.69, 9.17) is 0 Å². The highest BCUT2D eigenvalue weighted by molar-refractivity contribution is 5.28. The number of pyridine rings is 1. The van der Waals surface area contributed by atoms with Crippen LogP contribution in [-0.4, -0.2) is 40.2 Å². The molecule has 1 aliphatic carbocycles. The van der Waals surface area contributed by atoms with Crippen molar-refractivity contribution in [3.63, 3.8) is 0 Å². The monoisotopic (exact) mass is 261 g/mol. The molecule has 0 radical (unpaired) electrons. The third-order valence-electron chi connectivity index (χ3n) is 3.97. The fraction of sp³-hybridized carbons (Fsp3) is 0.667. The Morgan fingerprint density at radius 2 is 2.21 bits per heavy atom. The molecule has 104 valence electrons. The van der Waals surface area contributed by atoms with Crippen LogP contribution in [0, 0.1) is 0 Å². The molecular formula is C15H23N3O. The maximum atomic E-state index is 9.33. The van der Waals surface area contributed by atoms with Gasteiger partial charge in [0.15, 0.2) is 0 Å². The van der Waals surface area contributed by atoms with Gasteiger partial charge in [-0.15, -0.1) is 0 Å². The van der Waals surface area contributed by atoms with Gasteiger partial charge in [-0.25, -0.2) is 0 Å². The van der Waals surface area contributed by atoms with Crippen LogP contribution in [0.15, 0.2) is 18.3 Å². The molecule has 3 rings (SSSR count). The molecule has 19 heavy (non-hydrogen) atoms. The van der Waals surface area contributed by atoms with Gasteiger partial charge >= 0.3 is 0 Å². The fourth-order valence-electron chi connectivity index (χ4n) is 2.92. The number of aromatic nitrogens is 1. The van der Waals surface area contributed by atoms with E-state index in [1.807, 2.05) is 6.20 Å². The Morgan fingerprint density at radius 1 is 1.47 bits per heavy atom. The molecule has 2 N–H and O–H groups in total. The summed E-state index contributed by atoms with van der Waals surface area (Å²) in [6.45, 7) is 6.89. The standard InChI is InChI=1S/C15H23N3O/c1-11(2)17-15(4-5-15)14-7-12(3-6-16-14)8-18-9-13(19)10-18/h3,6-7,11,13,17,19H,4-5,8-10H2,1-2H3. The molecule has 4 heteroatoms. The number of likely N-dealkylation sites (tertiary alicyclic amines) is 1. The highest BCUT2D eigenvalue weighted by atomic mass is 16.3. The van der Waals surface area contributed by atoms with Crippen molar-refractivity contribution < 1.29 is 5.11 Å². The molecule has 0 spiro atoms. The first-order chi connectivity index (χ1) is 9.07. The van der Waals surface area contributed by atoms with E-state index in [2.05, 4.69) is 41.2 Å². The van der Waals surface area contributed by atoms with Gasteiger partial charge in [0.1, 0.15) is 0 Å². The van der Waals surface area contributed by atoms with Gasteiger partial charge in [-0.2, -0.15) is 0 Å². The van der Waals surface area contributed by atoms with Crippen LogP contribution in [0.4, 0.5) is 0 Å². The quantitative estimate of drug-likeness (QED) is 0.837. The molecule has 0 atom stereocenters. The molecule has 0 amide bonds. The first-order valence-corrected chi connectivity index (χ1v) is 7.21. The molecule has 2 aliphatic rings. The lowest BCUT2D eigenvalue weighted by Gasteiger charge is -2.35. The van der Waals surface area contributed by atoms with E-state index in [-0.39, 0.29) is 11.6 Å². The molecule has 1 saturated heterocycles. The van der Waals surface area contributed by atoms with Crippen LogP contribution in [0.5, 0.6) is 0 Å². The van der Waals surface area contributed by atoms with Crippen molar-refractivity contribution in [2.45, 2.75) is 50.9 Å². The summed E-state index contributed by atoms with van der Waals surface area (Å²) in [5.74, 6) is 0. The molecule has 4 nitrogen and oxygen atoms in total. The van der Waals surface area contributed by atoms with E-state index in [0.29, 0.717) is 6.04 Å². The third kappa shape index (κ3) is 2.81. The lowest BCUT2D eigenvalue weighted by molar-refractivity contribution is -0.00289. The molecule has 2 heterocycles. The van der Waals surface area contributed by atoms with E-state index in [0.717, 1.165) is 19.6 Å². The fourth-order valence-corrected chi connectivity index (χ4v) is 2.92. The average Bonchev–Trinajstić information content (AvgIpc) is 3.08. The van der Waals surface area contributed by atoms with Gasteiger partial charge in [0, 0.05) is 31.9 Å². The Kier molecular flexibility index (Phi) is 3.33. The minimum absolute atomic E-state index is 0.124. The summed E-state index contributed by atoms with van der Waals surface area (Å²) in [6, 6.07) is 4.80. The smallest absolute Gasteiger partial charge is 0.0794 e. The number of β-amino-alcohol motifs (C(OH)–C–C–N with tert-alkyl or cyclic N) is 1. The minimum Gasteiger partial charge on any atom is -0.390 e. The summed E-state index contributed by atoms with van der Waals surface area (Å²) in [5.41, 5.74) is 2.60. The first-order valence-electron chi connectivity index (χ1n) is 7.21. The molecule has 1 aromatic heterocycles. The summed E-state index contributed by atoms with van der Waals surface area (Å²) in [6.07, 6.45) is 4.16. The van der Waals surface area contributed by atoms with Gasteiger partial charge in [-0.3, -0.25) is 9.88 Å². The van der Waals surface area contributed by atoms with Crippen molar-refractivity contribution in [1.82, 2.24) is 15.2 Å². The second kappa shape index (κ2) is 4.85. The predicted molar refractivity (Wildman–Crippen MR) is 74.7 cm³/mol. The summed E-state index contributed by atoms with van der Waals surface area (Å²) in [7, 11) is 0. The van der Waals surface area contributed by atoms with Crippen LogP contribution in [0.2, 0.25) is 0 Å². The Balaban J connectivity index is 1.69. The Labute approximate surface area is 114 Å². The average molecular weight is 261 g/mol. The maximum absolute atomic E-state index is 9.33. The van der Waals surface area contributed by atoms with Crippen LogP contribution >= 0.6 is 0 Å². The van der Waals surface area contributed by atoms with Crippen LogP contribution in [0.1, 0.15) is 37.9 Å². The number of aliphatic hydroxyl groups excluding tert-OH is 1. The van der Waals surface area contributed by atoms with Crippen molar-refractivity contribution in [3.05, 3.63) is 29.6 Å². The Hall–Kier alpha value is -0.970. The van der Waals surface area contributed by atoms with Crippen LogP contribution in [0.3, 0.4) is 0 Å². The predicted octanol–water partition coefficient (Wildman–Crippen LogP) is 1.25. The highest BCUT2D eigenvalue weighted by Crippen LogP contribution is 2.45. The molecule has 0 unspecified atom stereocenters. The van der Waals surface area contributed by atoms with Crippen LogP contribution in [0.25, 0.3) is 0 Å². The lowest BCUT2D eigenvalue weighted by Crippen LogP contribution is -2.49. The maximum Gasteiger partial charge on any atom is 0.0794 e. The zero-order valence-electron chi connectivity index (χ0n) is 11.8. The highest BCUT2D eigenvalue weighted by Gasteiger charge is 2.45. The van der Waals surface area contributed by atoms with E-state index >= 15 is 0 Å². The molecule has 1 saturated carbocycles. The van der Waals surface area contributed by atoms with Crippen molar-refractivity contribution >= 4 is 0 Å². The van der Waals surface area contributed by atoms with Crippen molar-refractivity contribution in [2.24, 2.45) is 0 Å². The second-order valence-corrected chi connectivity index (χ2v) is 6.28. The Bertz CT molecular complexity index is 450. The van der Waals surface area contributed by atoms with Gasteiger partial charge in [-0.1, -0.05) is 0 Å². The van der Waals surface area contributed by atoms with E-state index < -0.39 is 0 Å². The summed E-state index contributed by atoms with van der Waals surface area (Å²) in [4.78, 5) is 6.83. The topological polar surface area (TPSA) is 48.4 Å². The van der Waals surface area contributed by atoms with Gasteiger partial charge < -0.3 is 10.4 Å². The number of hydrogen-bond donors (Lipinski definition) is 2. The van der Waals surface area contributed by atoms with Gasteiger partial charge in [0.2, 0.25) is 0 Å². The number of hydrogen-bond acceptors (Lipinski definition) is 4. The summed E-state index contributed by atoms with van der Waals surface area (Å²) in [5, 5.41) is 13.0. The van der Waals surface area contributed by atoms with Crippen molar-refractivity contribution in [2.75, 3.05) is 13.1 Å². The zero-order chi connectivity index (χ0) is 13.5. The normalized spacial score (nSPS) is 22.5. The summed E-state index contributed by atoms with van der Waals surface area (Å²) < 4.78 is 0. The third-order valence-corrected chi connectivity index (χ3v) is 3.97. The van der Waals surface area contributed by atoms with E-state index in [1.165, 1.54) is 24.1 Å². The molecule has 2 fully saturated rings. The Morgan fingerprint density at radius 3 is 2.79 bits per heavy atom. The van der Waals surface area contributed by atoms with E-state index in [1.54, 1.807) is 0 Å². The zero-order valence-corrected chi connectivity index (χ0v) is 11.8. The molecule has 0 bridgehead atoms. The van der Waals surface area contributed by atoms with Crippen LogP contribution in [-0.2, 0) is 12.1 Å². The molecule has 0 aromatic carbocycles. The lowest BCUT2D eigenvalue weighted by atomic mass is 10.1. The second-order valence-electron chi connectivity index (χ2n) is 6.28. The number of aliphatic hydroxyl groups is 1. The van der Waals surface area contributed by atoms with Gasteiger partial charge in [0.05, 0.1) is 17.3 Å². The number of nitrogens with one attached hydrogen (secondary N) is 1. The van der Waals surface area contributed by atoms with Crippen molar-refractivity contribution in [1.29, 1.82) is 0 Å². The number of nitrogens with zero attached hydrogens (tertiary/aromatic N) is 2. The molecular weight excluding hydrogens is 238 g/mol. The van der Waals surface area contributed by atoms with Crippen molar-refractivity contribution in [3.8, 4) is 0 Å². The summed E-state index contributed by atoms with van der Waals surface area (Å²) >= 11 is 0. The molecule has 1 aliphatic heterocycles. The van der Waals surface area contributed by atoms with Gasteiger partial charge in [-0.05, 0) is 44.4 Å². The minimum atomic E-state index is -0.126. The van der Waals surface area contributed by atoms with Gasteiger partial charge in [0.25, 0.3) is 0 Å². The van der Waals surface area contributed by atoms with E-state index in [9.17, 15) is 5.11 Å². The SMILES string of the molecule is CC(C)NC1(c2cc(CN3CC(O)C3)ccn2)CC1. The number of rotatable bonds is 5. The first kappa shape index (κ1) is 13.0.